The van der Waals surface area contributed by atoms with Gasteiger partial charge in [0.1, 0.15) is 10.7 Å². The van der Waals surface area contributed by atoms with E-state index in [1.807, 2.05) is 54.9 Å². The van der Waals surface area contributed by atoms with E-state index in [1.165, 1.54) is 11.8 Å². The first-order valence-electron chi connectivity index (χ1n) is 7.73. The lowest BCUT2D eigenvalue weighted by Gasteiger charge is -2.06. The molecule has 0 unspecified atom stereocenters. The van der Waals surface area contributed by atoms with Gasteiger partial charge >= 0.3 is 0 Å². The van der Waals surface area contributed by atoms with Gasteiger partial charge in [-0.3, -0.25) is 9.38 Å². The smallest absolute Gasteiger partial charge is 0.179 e. The van der Waals surface area contributed by atoms with Crippen LogP contribution in [0.2, 0.25) is 0 Å². The molecule has 0 aliphatic rings. The minimum atomic E-state index is 0.651. The van der Waals surface area contributed by atoms with Crippen molar-refractivity contribution in [3.8, 4) is 11.5 Å². The highest BCUT2D eigenvalue weighted by Gasteiger charge is 2.11. The first-order valence-corrected chi connectivity index (χ1v) is 8.54. The van der Waals surface area contributed by atoms with Crippen LogP contribution in [-0.4, -0.2) is 24.3 Å². The van der Waals surface area contributed by atoms with Gasteiger partial charge in [-0.15, -0.1) is 0 Å². The van der Waals surface area contributed by atoms with Crippen molar-refractivity contribution in [3.63, 3.8) is 0 Å². The molecule has 0 amide bonds. The van der Waals surface area contributed by atoms with Crippen molar-refractivity contribution in [2.24, 2.45) is 0 Å². The number of nitrogens with zero attached hydrogens (tertiary/aromatic N) is 5. The van der Waals surface area contributed by atoms with Gasteiger partial charge in [-0.1, -0.05) is 19.1 Å². The van der Waals surface area contributed by atoms with E-state index in [0.29, 0.717) is 5.82 Å². The average Bonchev–Trinajstić information content (AvgIpc) is 3.05. The lowest BCUT2D eigenvalue weighted by Crippen LogP contribution is -1.98. The number of pyridine rings is 2. The third-order valence-corrected chi connectivity index (χ3v) is 4.52. The minimum Gasteiger partial charge on any atom is -0.295 e. The minimum absolute atomic E-state index is 0.651. The number of hydrogen-bond donors (Lipinski definition) is 0. The van der Waals surface area contributed by atoms with Gasteiger partial charge in [-0.2, -0.15) is 0 Å². The Kier molecular flexibility index (Phi) is 3.96. The zero-order valence-electron chi connectivity index (χ0n) is 13.1. The number of fused-ring (bicyclic) bond motifs is 1. The topological polar surface area (TPSA) is 56.0 Å². The molecular formula is C18H15N5S. The van der Waals surface area contributed by atoms with Crippen molar-refractivity contribution in [1.29, 1.82) is 0 Å². The summed E-state index contributed by atoms with van der Waals surface area (Å²) in [7, 11) is 0. The summed E-state index contributed by atoms with van der Waals surface area (Å²) in [6.07, 6.45) is 6.47. The monoisotopic (exact) mass is 333 g/mol. The number of hydrogen-bond acceptors (Lipinski definition) is 5. The number of aromatic nitrogens is 5. The van der Waals surface area contributed by atoms with Gasteiger partial charge in [-0.25, -0.2) is 15.0 Å². The first kappa shape index (κ1) is 14.8. The van der Waals surface area contributed by atoms with Gasteiger partial charge < -0.3 is 0 Å². The fourth-order valence-electron chi connectivity index (χ4n) is 2.40. The van der Waals surface area contributed by atoms with Crippen molar-refractivity contribution in [2.45, 2.75) is 23.5 Å². The predicted octanol–water partition coefficient (Wildman–Crippen LogP) is 3.90. The molecule has 0 aromatic carbocycles. The van der Waals surface area contributed by atoms with Crippen LogP contribution in [0.4, 0.5) is 0 Å². The van der Waals surface area contributed by atoms with Crippen LogP contribution < -0.4 is 0 Å². The molecule has 4 rings (SSSR count). The largest absolute Gasteiger partial charge is 0.295 e. The summed E-state index contributed by atoms with van der Waals surface area (Å²) in [5.74, 6) is 0.651. The van der Waals surface area contributed by atoms with Gasteiger partial charge in [0.25, 0.3) is 0 Å². The van der Waals surface area contributed by atoms with E-state index >= 15 is 0 Å². The zero-order chi connectivity index (χ0) is 16.4. The Bertz CT molecular complexity index is 981. The van der Waals surface area contributed by atoms with Crippen LogP contribution in [0.15, 0.2) is 71.2 Å². The van der Waals surface area contributed by atoms with Crippen molar-refractivity contribution in [2.75, 3.05) is 0 Å². The molecule has 0 N–H and O–H groups in total. The fourth-order valence-corrected chi connectivity index (χ4v) is 3.29. The molecule has 4 aromatic heterocycles. The molecular weight excluding hydrogens is 318 g/mol. The third kappa shape index (κ3) is 2.88. The highest BCUT2D eigenvalue weighted by molar-refractivity contribution is 7.99. The van der Waals surface area contributed by atoms with E-state index < -0.39 is 0 Å². The van der Waals surface area contributed by atoms with Crippen molar-refractivity contribution in [1.82, 2.24) is 24.3 Å². The Hall–Kier alpha value is -2.73. The van der Waals surface area contributed by atoms with E-state index in [2.05, 4.69) is 31.3 Å². The summed E-state index contributed by atoms with van der Waals surface area (Å²) in [5, 5.41) is 1.76. The highest BCUT2D eigenvalue weighted by Crippen LogP contribution is 2.27. The Morgan fingerprint density at radius 2 is 1.96 bits per heavy atom. The lowest BCUT2D eigenvalue weighted by molar-refractivity contribution is 0.927. The third-order valence-electron chi connectivity index (χ3n) is 3.61. The number of rotatable bonds is 4. The van der Waals surface area contributed by atoms with Crippen LogP contribution in [-0.2, 0) is 6.42 Å². The lowest BCUT2D eigenvalue weighted by atomic mass is 10.3. The molecule has 5 nitrogen and oxygen atoms in total. The molecule has 4 aromatic rings. The van der Waals surface area contributed by atoms with Gasteiger partial charge in [0.15, 0.2) is 11.0 Å². The second-order valence-electron chi connectivity index (χ2n) is 5.23. The van der Waals surface area contributed by atoms with Gasteiger partial charge in [0, 0.05) is 18.1 Å². The molecule has 0 aliphatic carbocycles. The van der Waals surface area contributed by atoms with E-state index in [1.54, 1.807) is 6.20 Å². The SMILES string of the molecule is CCc1cc(Sc2ncc3ccccn23)nc(-c2ccccn2)n1. The molecule has 118 valence electrons. The van der Waals surface area contributed by atoms with Gasteiger partial charge in [0.05, 0.1) is 11.7 Å². The molecule has 4 heterocycles. The summed E-state index contributed by atoms with van der Waals surface area (Å²) in [6.45, 7) is 2.09. The van der Waals surface area contributed by atoms with Crippen LogP contribution >= 0.6 is 11.8 Å². The number of imidazole rings is 1. The van der Waals surface area contributed by atoms with Crippen LogP contribution in [0.25, 0.3) is 17.0 Å². The summed E-state index contributed by atoms with van der Waals surface area (Å²) in [5.41, 5.74) is 2.84. The van der Waals surface area contributed by atoms with Crippen molar-refractivity contribution >= 4 is 17.3 Å². The quantitative estimate of drug-likeness (QED) is 0.530. The zero-order valence-corrected chi connectivity index (χ0v) is 13.9. The van der Waals surface area contributed by atoms with Crippen LogP contribution in [0.1, 0.15) is 12.6 Å². The van der Waals surface area contributed by atoms with Gasteiger partial charge in [0.2, 0.25) is 0 Å². The van der Waals surface area contributed by atoms with Crippen molar-refractivity contribution < 1.29 is 0 Å². The normalized spacial score (nSPS) is 11.0. The maximum absolute atomic E-state index is 4.67. The predicted molar refractivity (Wildman–Crippen MR) is 94.0 cm³/mol. The Labute approximate surface area is 143 Å². The maximum Gasteiger partial charge on any atom is 0.179 e. The Morgan fingerprint density at radius 1 is 1.04 bits per heavy atom. The molecule has 0 bridgehead atoms. The number of aryl methyl sites for hydroxylation is 1. The second-order valence-corrected chi connectivity index (χ2v) is 6.22. The summed E-state index contributed by atoms with van der Waals surface area (Å²) in [4.78, 5) is 18.1. The van der Waals surface area contributed by atoms with Crippen LogP contribution in [0.3, 0.4) is 0 Å². The molecule has 0 fully saturated rings. The van der Waals surface area contributed by atoms with Crippen LogP contribution in [0.5, 0.6) is 0 Å². The standard InChI is InChI=1S/C18H15N5S/c1-2-13-11-16(22-17(21-13)15-8-3-5-9-19-15)24-18-20-12-14-7-4-6-10-23(14)18/h3-12H,2H2,1H3. The average molecular weight is 333 g/mol. The van der Waals surface area contributed by atoms with Crippen molar-refractivity contribution in [3.05, 3.63) is 66.7 Å². The van der Waals surface area contributed by atoms with E-state index in [9.17, 15) is 0 Å². The summed E-state index contributed by atoms with van der Waals surface area (Å²) < 4.78 is 2.05. The molecule has 0 spiro atoms. The maximum atomic E-state index is 4.67. The van der Waals surface area contributed by atoms with Crippen LogP contribution in [0, 0.1) is 0 Å². The first-order chi connectivity index (χ1) is 11.8. The molecule has 0 aliphatic heterocycles. The molecule has 6 heteroatoms. The fraction of sp³-hybridized carbons (Fsp3) is 0.111. The van der Waals surface area contributed by atoms with E-state index in [-0.39, 0.29) is 0 Å². The highest BCUT2D eigenvalue weighted by atomic mass is 32.2. The molecule has 0 saturated carbocycles. The Morgan fingerprint density at radius 3 is 2.79 bits per heavy atom. The van der Waals surface area contributed by atoms with Gasteiger partial charge in [-0.05, 0) is 48.5 Å². The molecule has 0 saturated heterocycles. The molecule has 0 radical (unpaired) electrons. The summed E-state index contributed by atoms with van der Waals surface area (Å²) >= 11 is 1.54. The van der Waals surface area contributed by atoms with E-state index in [0.717, 1.165) is 33.5 Å². The Balaban J connectivity index is 1.75. The summed E-state index contributed by atoms with van der Waals surface area (Å²) in [6, 6.07) is 13.8. The van der Waals surface area contributed by atoms with E-state index in [4.69, 9.17) is 0 Å². The second kappa shape index (κ2) is 6.41. The molecule has 0 atom stereocenters. The molecule has 24 heavy (non-hydrogen) atoms.